The van der Waals surface area contributed by atoms with Crippen LogP contribution in [0.25, 0.3) is 0 Å². The highest BCUT2D eigenvalue weighted by Crippen LogP contribution is 2.26. The van der Waals surface area contributed by atoms with E-state index in [-0.39, 0.29) is 12.1 Å². The summed E-state index contributed by atoms with van der Waals surface area (Å²) in [5.74, 6) is 0.962. The SMILES string of the molecule is Cc1ncsc1CNC(C)c1ccccc1OC(C)C. The molecule has 4 heteroatoms. The summed E-state index contributed by atoms with van der Waals surface area (Å²) in [5.41, 5.74) is 4.21. The Morgan fingerprint density at radius 2 is 2.00 bits per heavy atom. The maximum atomic E-state index is 5.88. The number of ether oxygens (including phenoxy) is 1. The Morgan fingerprint density at radius 1 is 1.25 bits per heavy atom. The van der Waals surface area contributed by atoms with E-state index in [2.05, 4.69) is 43.2 Å². The molecule has 0 aliphatic rings. The summed E-state index contributed by atoms with van der Waals surface area (Å²) in [6.45, 7) is 9.16. The number of benzene rings is 1. The number of thiazole rings is 1. The molecular formula is C16H22N2OS. The molecule has 0 saturated carbocycles. The van der Waals surface area contributed by atoms with E-state index in [0.717, 1.165) is 18.0 Å². The third-order valence-electron chi connectivity index (χ3n) is 3.16. The van der Waals surface area contributed by atoms with Crippen LogP contribution >= 0.6 is 11.3 Å². The predicted octanol–water partition coefficient (Wildman–Crippen LogP) is 4.09. The van der Waals surface area contributed by atoms with Crippen molar-refractivity contribution in [1.82, 2.24) is 10.3 Å². The molecule has 0 saturated heterocycles. The van der Waals surface area contributed by atoms with Crippen molar-refractivity contribution < 1.29 is 4.74 Å². The number of hydrogen-bond acceptors (Lipinski definition) is 4. The minimum atomic E-state index is 0.187. The molecule has 1 N–H and O–H groups in total. The Kier molecular flexibility index (Phi) is 5.15. The standard InChI is InChI=1S/C16H22N2OS/c1-11(2)19-15-8-6-5-7-14(15)12(3)17-9-16-13(4)18-10-20-16/h5-8,10-12,17H,9H2,1-4H3. The lowest BCUT2D eigenvalue weighted by Crippen LogP contribution is -2.19. The Morgan fingerprint density at radius 3 is 2.65 bits per heavy atom. The number of aryl methyl sites for hydroxylation is 1. The van der Waals surface area contributed by atoms with Crippen molar-refractivity contribution in [2.24, 2.45) is 0 Å². The van der Waals surface area contributed by atoms with Gasteiger partial charge < -0.3 is 10.1 Å². The van der Waals surface area contributed by atoms with Crippen molar-refractivity contribution >= 4 is 11.3 Å². The summed E-state index contributed by atoms with van der Waals surface area (Å²) in [6, 6.07) is 8.46. The Bertz CT molecular complexity index is 551. The smallest absolute Gasteiger partial charge is 0.124 e. The highest BCUT2D eigenvalue weighted by atomic mass is 32.1. The quantitative estimate of drug-likeness (QED) is 0.870. The van der Waals surface area contributed by atoms with Crippen LogP contribution in [0.15, 0.2) is 29.8 Å². The molecule has 0 aliphatic carbocycles. The van der Waals surface area contributed by atoms with Gasteiger partial charge in [0.1, 0.15) is 5.75 Å². The second-order valence-electron chi connectivity index (χ2n) is 5.17. The van der Waals surface area contributed by atoms with Gasteiger partial charge in [-0.1, -0.05) is 18.2 Å². The molecular weight excluding hydrogens is 268 g/mol. The summed E-state index contributed by atoms with van der Waals surface area (Å²) < 4.78 is 5.88. The third-order valence-corrected chi connectivity index (χ3v) is 4.10. The monoisotopic (exact) mass is 290 g/mol. The van der Waals surface area contributed by atoms with Crippen LogP contribution in [0.3, 0.4) is 0 Å². The maximum Gasteiger partial charge on any atom is 0.124 e. The van der Waals surface area contributed by atoms with Crippen LogP contribution in [-0.2, 0) is 6.54 Å². The van der Waals surface area contributed by atoms with Crippen LogP contribution in [0.5, 0.6) is 5.75 Å². The van der Waals surface area contributed by atoms with Gasteiger partial charge >= 0.3 is 0 Å². The topological polar surface area (TPSA) is 34.2 Å². The van der Waals surface area contributed by atoms with Crippen molar-refractivity contribution in [3.63, 3.8) is 0 Å². The van der Waals surface area contributed by atoms with Gasteiger partial charge in [0.25, 0.3) is 0 Å². The van der Waals surface area contributed by atoms with Crippen molar-refractivity contribution in [1.29, 1.82) is 0 Å². The highest BCUT2D eigenvalue weighted by molar-refractivity contribution is 7.09. The molecule has 20 heavy (non-hydrogen) atoms. The van der Waals surface area contributed by atoms with Crippen molar-refractivity contribution in [3.05, 3.63) is 45.9 Å². The van der Waals surface area contributed by atoms with Crippen LogP contribution in [0, 0.1) is 6.92 Å². The first-order valence-corrected chi connectivity index (χ1v) is 7.83. The molecule has 108 valence electrons. The fraction of sp³-hybridized carbons (Fsp3) is 0.438. The molecule has 2 aromatic rings. The van der Waals surface area contributed by atoms with E-state index in [0.29, 0.717) is 0 Å². The minimum Gasteiger partial charge on any atom is -0.491 e. The van der Waals surface area contributed by atoms with Crippen molar-refractivity contribution in [3.8, 4) is 5.75 Å². The van der Waals surface area contributed by atoms with Gasteiger partial charge in [-0.2, -0.15) is 0 Å². The second-order valence-corrected chi connectivity index (χ2v) is 6.11. The molecule has 1 aromatic heterocycles. The van der Waals surface area contributed by atoms with Gasteiger partial charge in [-0.15, -0.1) is 11.3 Å². The number of hydrogen-bond donors (Lipinski definition) is 1. The molecule has 2 rings (SSSR count). The molecule has 0 aliphatic heterocycles. The van der Waals surface area contributed by atoms with E-state index in [1.54, 1.807) is 11.3 Å². The zero-order chi connectivity index (χ0) is 14.5. The molecule has 1 heterocycles. The zero-order valence-electron chi connectivity index (χ0n) is 12.5. The molecule has 1 aromatic carbocycles. The molecule has 0 amide bonds. The molecule has 0 fully saturated rings. The maximum absolute atomic E-state index is 5.88. The summed E-state index contributed by atoms with van der Waals surface area (Å²) in [7, 11) is 0. The van der Waals surface area contributed by atoms with Crippen LogP contribution in [-0.4, -0.2) is 11.1 Å². The number of para-hydroxylation sites is 1. The summed E-state index contributed by atoms with van der Waals surface area (Å²) >= 11 is 1.70. The Hall–Kier alpha value is -1.39. The molecule has 0 spiro atoms. The van der Waals surface area contributed by atoms with Crippen molar-refractivity contribution in [2.75, 3.05) is 0 Å². The van der Waals surface area contributed by atoms with Gasteiger partial charge in [0.15, 0.2) is 0 Å². The average Bonchev–Trinajstić information content (AvgIpc) is 2.81. The van der Waals surface area contributed by atoms with Crippen molar-refractivity contribution in [2.45, 2.75) is 46.4 Å². The largest absolute Gasteiger partial charge is 0.491 e. The van der Waals surface area contributed by atoms with E-state index in [1.165, 1.54) is 10.4 Å². The molecule has 1 unspecified atom stereocenters. The molecule has 1 atom stereocenters. The second kappa shape index (κ2) is 6.86. The van der Waals surface area contributed by atoms with E-state index < -0.39 is 0 Å². The first kappa shape index (κ1) is 15.0. The summed E-state index contributed by atoms with van der Waals surface area (Å²) in [5, 5.41) is 3.55. The normalized spacial score (nSPS) is 12.7. The zero-order valence-corrected chi connectivity index (χ0v) is 13.3. The summed E-state index contributed by atoms with van der Waals surface area (Å²) in [6.07, 6.45) is 0.187. The van der Waals surface area contributed by atoms with Gasteiger partial charge in [0, 0.05) is 23.0 Å². The first-order valence-electron chi connectivity index (χ1n) is 6.96. The van der Waals surface area contributed by atoms with Gasteiger partial charge in [-0.25, -0.2) is 4.98 Å². The van der Waals surface area contributed by atoms with Gasteiger partial charge in [-0.3, -0.25) is 0 Å². The highest BCUT2D eigenvalue weighted by Gasteiger charge is 2.12. The molecule has 0 radical (unpaired) electrons. The number of nitrogens with zero attached hydrogens (tertiary/aromatic N) is 1. The van der Waals surface area contributed by atoms with Crippen LogP contribution < -0.4 is 10.1 Å². The van der Waals surface area contributed by atoms with Crippen LogP contribution in [0.4, 0.5) is 0 Å². The van der Waals surface area contributed by atoms with Gasteiger partial charge in [-0.05, 0) is 33.8 Å². The minimum absolute atomic E-state index is 0.187. The van der Waals surface area contributed by atoms with E-state index in [4.69, 9.17) is 4.74 Å². The first-order chi connectivity index (χ1) is 9.58. The lowest BCUT2D eigenvalue weighted by atomic mass is 10.1. The summed E-state index contributed by atoms with van der Waals surface area (Å²) in [4.78, 5) is 5.57. The van der Waals surface area contributed by atoms with Gasteiger partial charge in [0.2, 0.25) is 0 Å². The van der Waals surface area contributed by atoms with Gasteiger partial charge in [0.05, 0.1) is 17.3 Å². The van der Waals surface area contributed by atoms with Crippen LogP contribution in [0.2, 0.25) is 0 Å². The lowest BCUT2D eigenvalue weighted by Gasteiger charge is -2.19. The lowest BCUT2D eigenvalue weighted by molar-refractivity contribution is 0.238. The number of rotatable bonds is 6. The third kappa shape index (κ3) is 3.81. The fourth-order valence-electron chi connectivity index (χ4n) is 2.05. The number of aromatic nitrogens is 1. The van der Waals surface area contributed by atoms with E-state index >= 15 is 0 Å². The van der Waals surface area contributed by atoms with E-state index in [1.807, 2.05) is 24.6 Å². The average molecular weight is 290 g/mol. The molecule has 3 nitrogen and oxygen atoms in total. The predicted molar refractivity (Wildman–Crippen MR) is 84.3 cm³/mol. The van der Waals surface area contributed by atoms with E-state index in [9.17, 15) is 0 Å². The fourth-order valence-corrected chi connectivity index (χ4v) is 2.78. The van der Waals surface area contributed by atoms with Crippen LogP contribution in [0.1, 0.15) is 42.9 Å². The Labute approximate surface area is 125 Å². The number of nitrogens with one attached hydrogen (secondary N) is 1. The molecule has 0 bridgehead atoms. The Balaban J connectivity index is 2.05.